The van der Waals surface area contributed by atoms with E-state index in [-0.39, 0.29) is 11.9 Å². The van der Waals surface area contributed by atoms with E-state index in [0.717, 1.165) is 25.0 Å². The summed E-state index contributed by atoms with van der Waals surface area (Å²) in [4.78, 5) is 25.7. The van der Waals surface area contributed by atoms with E-state index in [0.29, 0.717) is 11.6 Å². The first-order valence-corrected chi connectivity index (χ1v) is 6.71. The van der Waals surface area contributed by atoms with E-state index in [2.05, 4.69) is 23.9 Å². The summed E-state index contributed by atoms with van der Waals surface area (Å²) in [5, 5.41) is 2.53. The van der Waals surface area contributed by atoms with E-state index in [9.17, 15) is 9.59 Å². The number of hydrogen-bond donors (Lipinski definition) is 1. The lowest BCUT2D eigenvalue weighted by molar-refractivity contribution is -0.129. The Balaban J connectivity index is 2.89. The molecule has 1 fully saturated rings. The Hall–Kier alpha value is -1.52. The quantitative estimate of drug-likeness (QED) is 0.799. The van der Waals surface area contributed by atoms with E-state index in [1.807, 2.05) is 18.7 Å². The second-order valence-corrected chi connectivity index (χ2v) is 5.44. The second kappa shape index (κ2) is 6.59. The molecule has 0 aromatic heterocycles. The summed E-state index contributed by atoms with van der Waals surface area (Å²) in [6.07, 6.45) is 1.44. The summed E-state index contributed by atoms with van der Waals surface area (Å²) in [7, 11) is 1.29. The van der Waals surface area contributed by atoms with Crippen LogP contribution in [0.15, 0.2) is 11.3 Å². The molecule has 0 aromatic carbocycles. The number of rotatable bonds is 3. The third-order valence-electron chi connectivity index (χ3n) is 3.46. The summed E-state index contributed by atoms with van der Waals surface area (Å²) in [5.41, 5.74) is 1.12. The minimum Gasteiger partial charge on any atom is -0.453 e. The maximum absolute atomic E-state index is 12.6. The van der Waals surface area contributed by atoms with Gasteiger partial charge in [-0.25, -0.2) is 4.79 Å². The Morgan fingerprint density at radius 1 is 1.32 bits per heavy atom. The van der Waals surface area contributed by atoms with Crippen molar-refractivity contribution in [2.24, 2.45) is 5.92 Å². The van der Waals surface area contributed by atoms with Crippen molar-refractivity contribution in [2.45, 2.75) is 46.6 Å². The van der Waals surface area contributed by atoms with Crippen molar-refractivity contribution in [1.29, 1.82) is 0 Å². The molecule has 0 unspecified atom stereocenters. The second-order valence-electron chi connectivity index (χ2n) is 5.44. The fourth-order valence-corrected chi connectivity index (χ4v) is 2.43. The van der Waals surface area contributed by atoms with Gasteiger partial charge in [-0.05, 0) is 38.2 Å². The fourth-order valence-electron chi connectivity index (χ4n) is 2.43. The highest BCUT2D eigenvalue weighted by Crippen LogP contribution is 2.25. The monoisotopic (exact) mass is 268 g/mol. The Morgan fingerprint density at radius 3 is 2.42 bits per heavy atom. The van der Waals surface area contributed by atoms with Gasteiger partial charge in [0.1, 0.15) is 5.70 Å². The molecular formula is C14H24N2O3. The van der Waals surface area contributed by atoms with E-state index in [1.165, 1.54) is 7.11 Å². The zero-order valence-electron chi connectivity index (χ0n) is 12.4. The van der Waals surface area contributed by atoms with E-state index < -0.39 is 6.09 Å². The van der Waals surface area contributed by atoms with Gasteiger partial charge in [0.15, 0.2) is 0 Å². The van der Waals surface area contributed by atoms with Gasteiger partial charge in [-0.15, -0.1) is 0 Å². The van der Waals surface area contributed by atoms with Gasteiger partial charge in [0.2, 0.25) is 0 Å². The van der Waals surface area contributed by atoms with Gasteiger partial charge < -0.3 is 9.64 Å². The minimum atomic E-state index is -0.607. The van der Waals surface area contributed by atoms with Crippen LogP contribution in [-0.4, -0.2) is 36.6 Å². The van der Waals surface area contributed by atoms with Crippen LogP contribution in [0.4, 0.5) is 4.79 Å². The van der Waals surface area contributed by atoms with Gasteiger partial charge >= 0.3 is 6.09 Å². The molecule has 0 aliphatic carbocycles. The first kappa shape index (κ1) is 15.5. The van der Waals surface area contributed by atoms with Gasteiger partial charge in [0.05, 0.1) is 7.11 Å². The molecular weight excluding hydrogens is 244 g/mol. The molecule has 1 N–H and O–H groups in total. The van der Waals surface area contributed by atoms with Crippen molar-refractivity contribution >= 4 is 12.0 Å². The standard InChI is InChI=1S/C14H24N2O3/c1-9(2)11-7-6-8-16(11)13(17)12(10(3)4)15-14(18)19-5/h9,11H,6-8H2,1-5H3,(H,15,18)/t11-/m0/s1. The third kappa shape index (κ3) is 3.72. The van der Waals surface area contributed by atoms with Gasteiger partial charge in [0.25, 0.3) is 5.91 Å². The van der Waals surface area contributed by atoms with Crippen LogP contribution in [0.25, 0.3) is 0 Å². The van der Waals surface area contributed by atoms with Crippen LogP contribution in [0.1, 0.15) is 40.5 Å². The van der Waals surface area contributed by atoms with Crippen LogP contribution < -0.4 is 5.32 Å². The zero-order chi connectivity index (χ0) is 14.6. The summed E-state index contributed by atoms with van der Waals surface area (Å²) in [6.45, 7) is 8.60. The van der Waals surface area contributed by atoms with E-state index in [1.54, 1.807) is 0 Å². The predicted octanol–water partition coefficient (Wildman–Crippen LogP) is 2.28. The number of nitrogens with one attached hydrogen (secondary N) is 1. The number of methoxy groups -OCH3 is 1. The molecule has 0 aromatic rings. The average Bonchev–Trinajstić information content (AvgIpc) is 2.83. The molecule has 0 saturated carbocycles. The first-order chi connectivity index (χ1) is 8.88. The van der Waals surface area contributed by atoms with Crippen molar-refractivity contribution in [3.05, 3.63) is 11.3 Å². The maximum Gasteiger partial charge on any atom is 0.411 e. The van der Waals surface area contributed by atoms with Crippen LogP contribution in [0.5, 0.6) is 0 Å². The number of allylic oxidation sites excluding steroid dienone is 1. The summed E-state index contributed by atoms with van der Waals surface area (Å²) in [6, 6.07) is 0.251. The molecule has 0 spiro atoms. The highest BCUT2D eigenvalue weighted by Gasteiger charge is 2.33. The minimum absolute atomic E-state index is 0.110. The summed E-state index contributed by atoms with van der Waals surface area (Å²) in [5.74, 6) is 0.310. The Labute approximate surface area is 115 Å². The molecule has 0 radical (unpaired) electrons. The van der Waals surface area contributed by atoms with E-state index in [4.69, 9.17) is 0 Å². The molecule has 1 saturated heterocycles. The van der Waals surface area contributed by atoms with Gasteiger partial charge in [-0.2, -0.15) is 0 Å². The molecule has 1 aliphatic heterocycles. The van der Waals surface area contributed by atoms with Gasteiger partial charge in [-0.3, -0.25) is 10.1 Å². The molecule has 108 valence electrons. The molecule has 2 amide bonds. The average molecular weight is 268 g/mol. The molecule has 1 rings (SSSR count). The number of nitrogens with zero attached hydrogens (tertiary/aromatic N) is 1. The topological polar surface area (TPSA) is 58.6 Å². The maximum atomic E-state index is 12.6. The van der Waals surface area contributed by atoms with Gasteiger partial charge in [0, 0.05) is 12.6 Å². The Morgan fingerprint density at radius 2 is 1.95 bits per heavy atom. The van der Waals surface area contributed by atoms with Crippen LogP contribution in [0.2, 0.25) is 0 Å². The van der Waals surface area contributed by atoms with Crippen LogP contribution in [-0.2, 0) is 9.53 Å². The smallest absolute Gasteiger partial charge is 0.411 e. The highest BCUT2D eigenvalue weighted by molar-refractivity contribution is 5.97. The number of carbonyl (C=O) groups is 2. The number of amides is 2. The number of alkyl carbamates (subject to hydrolysis) is 1. The van der Waals surface area contributed by atoms with Crippen molar-refractivity contribution in [1.82, 2.24) is 10.2 Å². The van der Waals surface area contributed by atoms with Crippen LogP contribution in [0, 0.1) is 5.92 Å². The summed E-state index contributed by atoms with van der Waals surface area (Å²) >= 11 is 0. The van der Waals surface area contributed by atoms with Crippen molar-refractivity contribution in [2.75, 3.05) is 13.7 Å². The molecule has 1 heterocycles. The van der Waals surface area contributed by atoms with Crippen molar-refractivity contribution < 1.29 is 14.3 Å². The fraction of sp³-hybridized carbons (Fsp3) is 0.714. The van der Waals surface area contributed by atoms with Crippen LogP contribution in [0.3, 0.4) is 0 Å². The van der Waals surface area contributed by atoms with Gasteiger partial charge in [-0.1, -0.05) is 13.8 Å². The molecule has 1 aliphatic rings. The first-order valence-electron chi connectivity index (χ1n) is 6.71. The lowest BCUT2D eigenvalue weighted by Crippen LogP contribution is -2.43. The zero-order valence-corrected chi connectivity index (χ0v) is 12.4. The third-order valence-corrected chi connectivity index (χ3v) is 3.46. The highest BCUT2D eigenvalue weighted by atomic mass is 16.5. The lowest BCUT2D eigenvalue weighted by atomic mass is 10.0. The molecule has 5 nitrogen and oxygen atoms in total. The summed E-state index contributed by atoms with van der Waals surface area (Å²) < 4.78 is 4.56. The number of ether oxygens (including phenoxy) is 1. The Kier molecular flexibility index (Phi) is 5.39. The molecule has 5 heteroatoms. The number of hydrogen-bond acceptors (Lipinski definition) is 3. The molecule has 19 heavy (non-hydrogen) atoms. The molecule has 0 bridgehead atoms. The van der Waals surface area contributed by atoms with Crippen LogP contribution >= 0.6 is 0 Å². The number of likely N-dealkylation sites (tertiary alicyclic amines) is 1. The largest absolute Gasteiger partial charge is 0.453 e. The van der Waals surface area contributed by atoms with Crippen molar-refractivity contribution in [3.63, 3.8) is 0 Å². The normalized spacial score (nSPS) is 18.4. The Bertz CT molecular complexity index is 384. The SMILES string of the molecule is COC(=O)NC(C(=O)N1CCC[C@H]1C(C)C)=C(C)C. The predicted molar refractivity (Wildman–Crippen MR) is 73.5 cm³/mol. The number of carbonyl (C=O) groups excluding carboxylic acids is 2. The lowest BCUT2D eigenvalue weighted by Gasteiger charge is -2.29. The molecule has 1 atom stereocenters. The van der Waals surface area contributed by atoms with E-state index >= 15 is 0 Å². The van der Waals surface area contributed by atoms with Crippen molar-refractivity contribution in [3.8, 4) is 0 Å².